The number of benzene rings is 1. The molecule has 3 heteroatoms. The van der Waals surface area contributed by atoms with Crippen molar-refractivity contribution in [2.45, 2.75) is 12.3 Å². The molecule has 1 N–H and O–H groups in total. The van der Waals surface area contributed by atoms with E-state index in [1.54, 1.807) is 11.3 Å². The summed E-state index contributed by atoms with van der Waals surface area (Å²) in [6.07, 6.45) is 0.941. The van der Waals surface area contributed by atoms with Gasteiger partial charge in [-0.05, 0) is 40.5 Å². The summed E-state index contributed by atoms with van der Waals surface area (Å²) in [5, 5.41) is 11.2. The van der Waals surface area contributed by atoms with Crippen molar-refractivity contribution in [3.63, 3.8) is 0 Å². The van der Waals surface area contributed by atoms with E-state index in [9.17, 15) is 4.79 Å². The number of rotatable bonds is 2. The maximum atomic E-state index is 11.0. The van der Waals surface area contributed by atoms with Crippen molar-refractivity contribution < 1.29 is 9.90 Å². The van der Waals surface area contributed by atoms with E-state index in [1.165, 1.54) is 21.6 Å². The second kappa shape index (κ2) is 3.45. The van der Waals surface area contributed by atoms with E-state index in [4.69, 9.17) is 5.11 Å². The van der Waals surface area contributed by atoms with Crippen LogP contribution in [-0.2, 0) is 11.2 Å². The molecule has 18 heavy (non-hydrogen) atoms. The van der Waals surface area contributed by atoms with Crippen LogP contribution in [0.15, 0.2) is 35.7 Å². The Morgan fingerprint density at radius 1 is 1.33 bits per heavy atom. The van der Waals surface area contributed by atoms with Gasteiger partial charge < -0.3 is 5.11 Å². The molecule has 2 aliphatic rings. The first-order chi connectivity index (χ1) is 8.75. The molecule has 4 rings (SSSR count). The van der Waals surface area contributed by atoms with Gasteiger partial charge in [-0.15, -0.1) is 11.3 Å². The Labute approximate surface area is 109 Å². The van der Waals surface area contributed by atoms with Gasteiger partial charge in [0.05, 0.1) is 5.92 Å². The van der Waals surface area contributed by atoms with Crippen LogP contribution in [0.25, 0.3) is 10.4 Å². The molecule has 0 radical (unpaired) electrons. The van der Waals surface area contributed by atoms with E-state index >= 15 is 0 Å². The molecule has 2 aromatic rings. The van der Waals surface area contributed by atoms with Crippen LogP contribution < -0.4 is 0 Å². The summed E-state index contributed by atoms with van der Waals surface area (Å²) < 4.78 is 0. The molecule has 1 aromatic heterocycles. The standard InChI is InChI=1S/C15H12O2S/c16-15(17)14-11-7-9-6-8(12-2-1-5-18-12)3-4-10(9)13(11)14/h1-6,11,13-14H,7H2,(H,16,17)/t11-,13+,14+/m0/s1. The van der Waals surface area contributed by atoms with Gasteiger partial charge in [0.2, 0.25) is 0 Å². The first-order valence-electron chi connectivity index (χ1n) is 6.15. The number of carboxylic acids is 1. The van der Waals surface area contributed by atoms with Gasteiger partial charge in [0.1, 0.15) is 0 Å². The van der Waals surface area contributed by atoms with Crippen molar-refractivity contribution in [2.24, 2.45) is 11.8 Å². The van der Waals surface area contributed by atoms with Gasteiger partial charge in [0.15, 0.2) is 0 Å². The zero-order chi connectivity index (χ0) is 12.3. The summed E-state index contributed by atoms with van der Waals surface area (Å²) in [5.74, 6) is -0.103. The summed E-state index contributed by atoms with van der Waals surface area (Å²) in [6, 6.07) is 10.7. The van der Waals surface area contributed by atoms with Crippen molar-refractivity contribution in [3.8, 4) is 10.4 Å². The van der Waals surface area contributed by atoms with E-state index < -0.39 is 5.97 Å². The summed E-state index contributed by atoms with van der Waals surface area (Å²) in [4.78, 5) is 12.3. The summed E-state index contributed by atoms with van der Waals surface area (Å²) in [7, 11) is 0. The predicted molar refractivity (Wildman–Crippen MR) is 70.8 cm³/mol. The molecule has 2 nitrogen and oxygen atoms in total. The van der Waals surface area contributed by atoms with E-state index in [2.05, 4.69) is 35.7 Å². The van der Waals surface area contributed by atoms with Gasteiger partial charge >= 0.3 is 5.97 Å². The van der Waals surface area contributed by atoms with Crippen molar-refractivity contribution >= 4 is 17.3 Å². The zero-order valence-corrected chi connectivity index (χ0v) is 10.5. The quantitative estimate of drug-likeness (QED) is 0.894. The molecule has 1 aromatic carbocycles. The third kappa shape index (κ3) is 1.31. The molecule has 0 aliphatic heterocycles. The second-order valence-electron chi connectivity index (χ2n) is 5.15. The van der Waals surface area contributed by atoms with Crippen LogP contribution in [0.3, 0.4) is 0 Å². The first-order valence-corrected chi connectivity index (χ1v) is 7.03. The lowest BCUT2D eigenvalue weighted by Crippen LogP contribution is -2.05. The van der Waals surface area contributed by atoms with Crippen molar-refractivity contribution in [3.05, 3.63) is 46.8 Å². The van der Waals surface area contributed by atoms with Crippen LogP contribution in [0.1, 0.15) is 17.0 Å². The molecule has 0 unspecified atom stereocenters. The SMILES string of the molecule is O=C(O)[C@@H]1[C@H]2Cc3cc(-c4cccs4)ccc3[C@H]21. The van der Waals surface area contributed by atoms with Crippen LogP contribution in [-0.4, -0.2) is 11.1 Å². The highest BCUT2D eigenvalue weighted by molar-refractivity contribution is 7.13. The number of hydrogen-bond acceptors (Lipinski definition) is 2. The molecule has 0 bridgehead atoms. The molecule has 1 fully saturated rings. The molecular formula is C15H12O2S. The fourth-order valence-electron chi connectivity index (χ4n) is 3.35. The molecular weight excluding hydrogens is 244 g/mol. The van der Waals surface area contributed by atoms with E-state index in [-0.39, 0.29) is 11.8 Å². The molecule has 90 valence electrons. The third-order valence-corrected chi connectivity index (χ3v) is 5.14. The maximum Gasteiger partial charge on any atom is 0.307 e. The zero-order valence-electron chi connectivity index (χ0n) is 9.67. The van der Waals surface area contributed by atoms with Gasteiger partial charge in [0.25, 0.3) is 0 Å². The summed E-state index contributed by atoms with van der Waals surface area (Å²) in [6.45, 7) is 0. The Morgan fingerprint density at radius 3 is 2.94 bits per heavy atom. The van der Waals surface area contributed by atoms with Gasteiger partial charge in [-0.3, -0.25) is 4.79 Å². The fraction of sp³-hybridized carbons (Fsp3) is 0.267. The topological polar surface area (TPSA) is 37.3 Å². The number of thiophene rings is 1. The Morgan fingerprint density at radius 2 is 2.22 bits per heavy atom. The van der Waals surface area contributed by atoms with Crippen molar-refractivity contribution in [1.82, 2.24) is 0 Å². The second-order valence-corrected chi connectivity index (χ2v) is 6.10. The minimum absolute atomic E-state index is 0.120. The largest absolute Gasteiger partial charge is 0.481 e. The van der Waals surface area contributed by atoms with Crippen LogP contribution in [0.5, 0.6) is 0 Å². The molecule has 2 aliphatic carbocycles. The maximum absolute atomic E-state index is 11.0. The molecule has 1 saturated carbocycles. The van der Waals surface area contributed by atoms with Crippen LogP contribution >= 0.6 is 11.3 Å². The Bertz CT molecular complexity index is 630. The lowest BCUT2D eigenvalue weighted by Gasteiger charge is -2.07. The number of carboxylic acid groups (broad SMARTS) is 1. The number of aliphatic carboxylic acids is 1. The minimum atomic E-state index is -0.627. The monoisotopic (exact) mass is 256 g/mol. The van der Waals surface area contributed by atoms with Crippen LogP contribution in [0.2, 0.25) is 0 Å². The van der Waals surface area contributed by atoms with Gasteiger partial charge in [0, 0.05) is 10.8 Å². The summed E-state index contributed by atoms with van der Waals surface area (Å²) in [5.41, 5.74) is 3.89. The average molecular weight is 256 g/mol. The van der Waals surface area contributed by atoms with Crippen LogP contribution in [0, 0.1) is 11.8 Å². The lowest BCUT2D eigenvalue weighted by molar-refractivity contribution is -0.139. The van der Waals surface area contributed by atoms with Crippen LogP contribution in [0.4, 0.5) is 0 Å². The Kier molecular flexibility index (Phi) is 1.98. The number of hydrogen-bond donors (Lipinski definition) is 1. The summed E-state index contributed by atoms with van der Waals surface area (Å²) >= 11 is 1.74. The van der Waals surface area contributed by atoms with Gasteiger partial charge in [-0.2, -0.15) is 0 Å². The molecule has 0 spiro atoms. The lowest BCUT2D eigenvalue weighted by atomic mass is 9.99. The number of carbonyl (C=O) groups is 1. The molecule has 1 heterocycles. The molecule has 3 atom stereocenters. The Hall–Kier alpha value is -1.61. The third-order valence-electron chi connectivity index (χ3n) is 4.22. The Balaban J connectivity index is 1.71. The molecule has 0 amide bonds. The highest BCUT2D eigenvalue weighted by atomic mass is 32.1. The van der Waals surface area contributed by atoms with E-state index in [0.29, 0.717) is 5.92 Å². The van der Waals surface area contributed by atoms with E-state index in [0.717, 1.165) is 6.42 Å². The van der Waals surface area contributed by atoms with E-state index in [1.807, 2.05) is 0 Å². The average Bonchev–Trinajstić information content (AvgIpc) is 2.79. The van der Waals surface area contributed by atoms with Gasteiger partial charge in [-0.25, -0.2) is 0 Å². The van der Waals surface area contributed by atoms with Crippen molar-refractivity contribution in [1.29, 1.82) is 0 Å². The predicted octanol–water partition coefficient (Wildman–Crippen LogP) is 3.39. The van der Waals surface area contributed by atoms with Crippen molar-refractivity contribution in [2.75, 3.05) is 0 Å². The number of fused-ring (bicyclic) bond motifs is 3. The normalized spacial score (nSPS) is 27.7. The minimum Gasteiger partial charge on any atom is -0.481 e. The molecule has 0 saturated heterocycles. The van der Waals surface area contributed by atoms with Gasteiger partial charge in [-0.1, -0.05) is 24.3 Å². The smallest absolute Gasteiger partial charge is 0.307 e. The first kappa shape index (κ1) is 10.3. The fourth-order valence-corrected chi connectivity index (χ4v) is 4.07. The highest BCUT2D eigenvalue weighted by Crippen LogP contribution is 2.61. The highest BCUT2D eigenvalue weighted by Gasteiger charge is 2.59.